The third-order valence-electron chi connectivity index (χ3n) is 6.13. The molecule has 0 radical (unpaired) electrons. The maximum absolute atomic E-state index is 13.7. The Hall–Kier alpha value is -3.88. The Kier molecular flexibility index (Phi) is 6.88. The topological polar surface area (TPSA) is 102 Å². The molecule has 3 N–H and O–H groups in total. The smallest absolute Gasteiger partial charge is 0.357 e. The lowest BCUT2D eigenvalue weighted by Crippen LogP contribution is -2.69. The number of benzene rings is 3. The van der Waals surface area contributed by atoms with Gasteiger partial charge in [-0.15, -0.1) is 11.8 Å². The van der Waals surface area contributed by atoms with E-state index in [4.69, 9.17) is 10.5 Å². The Morgan fingerprint density at radius 2 is 1.50 bits per heavy atom. The molecule has 3 aromatic carbocycles. The first kappa shape index (κ1) is 23.8. The number of nitrogens with two attached hydrogens (primary N) is 1. The monoisotopic (exact) mass is 499 g/mol. The fourth-order valence-electron chi connectivity index (χ4n) is 4.34. The third-order valence-corrected chi connectivity index (χ3v) is 7.43. The number of rotatable bonds is 7. The van der Waals surface area contributed by atoms with Crippen LogP contribution in [0.15, 0.2) is 102 Å². The standard InChI is InChI=1S/C28H25N3O4S/c29-23-26(33)31-24(21(17-36-27(23)31)30-22(32)16-18-10-4-1-5-11-18)28(34)35-25(19-12-6-2-7-13-19)20-14-8-3-9-15-20/h1-15,23,25,27H,16-17,29H2,(H,30,32)/t23?,27-/m1/s1. The normalized spacial score (nSPS) is 18.9. The van der Waals surface area contributed by atoms with Gasteiger partial charge in [-0.3, -0.25) is 14.5 Å². The van der Waals surface area contributed by atoms with E-state index in [9.17, 15) is 14.4 Å². The van der Waals surface area contributed by atoms with Crippen molar-refractivity contribution in [2.75, 3.05) is 5.75 Å². The molecule has 0 aromatic heterocycles. The second-order valence-corrected chi connectivity index (χ2v) is 9.69. The van der Waals surface area contributed by atoms with Crippen LogP contribution in [0.25, 0.3) is 0 Å². The number of carbonyl (C=O) groups excluding carboxylic acids is 3. The summed E-state index contributed by atoms with van der Waals surface area (Å²) in [5.41, 5.74) is 8.82. The van der Waals surface area contributed by atoms with Crippen molar-refractivity contribution in [3.63, 3.8) is 0 Å². The molecule has 3 aromatic rings. The first-order valence-corrected chi connectivity index (χ1v) is 12.7. The Morgan fingerprint density at radius 1 is 0.944 bits per heavy atom. The number of nitrogens with zero attached hydrogens (tertiary/aromatic N) is 1. The molecule has 0 saturated carbocycles. The van der Waals surface area contributed by atoms with E-state index in [1.54, 1.807) is 0 Å². The molecular weight excluding hydrogens is 474 g/mol. The van der Waals surface area contributed by atoms with E-state index in [-0.39, 0.29) is 29.3 Å². The molecule has 2 amide bonds. The fraction of sp³-hybridized carbons (Fsp3) is 0.179. The molecule has 2 aliphatic rings. The van der Waals surface area contributed by atoms with Crippen LogP contribution < -0.4 is 11.1 Å². The van der Waals surface area contributed by atoms with Gasteiger partial charge in [0.2, 0.25) is 11.8 Å². The van der Waals surface area contributed by atoms with E-state index >= 15 is 0 Å². The van der Waals surface area contributed by atoms with Crippen LogP contribution >= 0.6 is 11.8 Å². The molecule has 1 saturated heterocycles. The van der Waals surface area contributed by atoms with Crippen LogP contribution in [-0.2, 0) is 25.5 Å². The van der Waals surface area contributed by atoms with Gasteiger partial charge in [0.25, 0.3) is 0 Å². The molecule has 1 unspecified atom stereocenters. The minimum absolute atomic E-state index is 0.0451. The number of amides is 2. The van der Waals surface area contributed by atoms with Gasteiger partial charge < -0.3 is 15.8 Å². The molecule has 0 spiro atoms. The van der Waals surface area contributed by atoms with E-state index < -0.39 is 18.1 Å². The molecule has 2 aliphatic heterocycles. The van der Waals surface area contributed by atoms with Gasteiger partial charge in [-0.25, -0.2) is 4.79 Å². The van der Waals surface area contributed by atoms with Crippen LogP contribution in [0.5, 0.6) is 0 Å². The predicted molar refractivity (Wildman–Crippen MR) is 137 cm³/mol. The molecule has 0 bridgehead atoms. The zero-order valence-electron chi connectivity index (χ0n) is 19.4. The molecule has 5 rings (SSSR count). The third kappa shape index (κ3) is 4.78. The van der Waals surface area contributed by atoms with Gasteiger partial charge in [-0.2, -0.15) is 0 Å². The van der Waals surface area contributed by atoms with Gasteiger partial charge in [0, 0.05) is 5.75 Å². The van der Waals surface area contributed by atoms with Crippen molar-refractivity contribution < 1.29 is 19.1 Å². The van der Waals surface area contributed by atoms with Crippen molar-refractivity contribution in [1.82, 2.24) is 10.2 Å². The number of hydrogen-bond donors (Lipinski definition) is 2. The number of hydrogen-bond acceptors (Lipinski definition) is 6. The lowest BCUT2D eigenvalue weighted by atomic mass is 10.0. The zero-order valence-corrected chi connectivity index (χ0v) is 20.2. The van der Waals surface area contributed by atoms with Gasteiger partial charge in [0.15, 0.2) is 11.8 Å². The van der Waals surface area contributed by atoms with Gasteiger partial charge in [-0.1, -0.05) is 91.0 Å². The summed E-state index contributed by atoms with van der Waals surface area (Å²) in [5.74, 6) is -1.01. The summed E-state index contributed by atoms with van der Waals surface area (Å²) < 4.78 is 6.04. The largest absolute Gasteiger partial charge is 0.448 e. The summed E-state index contributed by atoms with van der Waals surface area (Å²) in [6.45, 7) is 0. The number of β-lactam (4-membered cyclic amide) rings is 1. The van der Waals surface area contributed by atoms with Crippen LogP contribution in [0.3, 0.4) is 0 Å². The average molecular weight is 500 g/mol. The van der Waals surface area contributed by atoms with Crippen molar-refractivity contribution in [2.45, 2.75) is 23.9 Å². The van der Waals surface area contributed by atoms with E-state index in [1.807, 2.05) is 91.0 Å². The highest BCUT2D eigenvalue weighted by Crippen LogP contribution is 2.40. The van der Waals surface area contributed by atoms with Crippen LogP contribution in [0, 0.1) is 0 Å². The van der Waals surface area contributed by atoms with Gasteiger partial charge >= 0.3 is 5.97 Å². The van der Waals surface area contributed by atoms with Gasteiger partial charge in [-0.05, 0) is 16.7 Å². The molecule has 36 heavy (non-hydrogen) atoms. The van der Waals surface area contributed by atoms with E-state index in [0.717, 1.165) is 16.7 Å². The van der Waals surface area contributed by atoms with Crippen molar-refractivity contribution in [1.29, 1.82) is 0 Å². The second-order valence-electron chi connectivity index (χ2n) is 8.58. The molecule has 0 aliphatic carbocycles. The molecule has 2 heterocycles. The summed E-state index contributed by atoms with van der Waals surface area (Å²) in [4.78, 5) is 40.5. The molecule has 2 atom stereocenters. The number of thioether (sulfide) groups is 1. The van der Waals surface area contributed by atoms with Gasteiger partial charge in [0.1, 0.15) is 11.4 Å². The SMILES string of the molecule is NC1C(=O)N2C(C(=O)OC(c3ccccc3)c3ccccc3)=C(NC(=O)Cc3ccccc3)CS[C@H]12. The van der Waals surface area contributed by atoms with E-state index in [0.29, 0.717) is 11.4 Å². The lowest BCUT2D eigenvalue weighted by Gasteiger charge is -2.48. The molecule has 8 heteroatoms. The quantitative estimate of drug-likeness (QED) is 0.383. The molecule has 1 fully saturated rings. The fourth-order valence-corrected chi connectivity index (χ4v) is 5.57. The minimum atomic E-state index is -0.696. The minimum Gasteiger partial charge on any atom is -0.448 e. The summed E-state index contributed by atoms with van der Waals surface area (Å²) >= 11 is 1.41. The number of nitrogens with one attached hydrogen (secondary N) is 1. The Balaban J connectivity index is 1.46. The summed E-state index contributed by atoms with van der Waals surface area (Å²) in [5, 5.41) is 2.48. The Morgan fingerprint density at radius 3 is 2.08 bits per heavy atom. The predicted octanol–water partition coefficient (Wildman–Crippen LogP) is 3.13. The number of carbonyl (C=O) groups is 3. The molecular formula is C28H25N3O4S. The maximum atomic E-state index is 13.7. The van der Waals surface area contributed by atoms with Crippen LogP contribution in [0.4, 0.5) is 0 Å². The summed E-state index contributed by atoms with van der Waals surface area (Å²) in [7, 11) is 0. The number of fused-ring (bicyclic) bond motifs is 1. The first-order chi connectivity index (χ1) is 17.5. The molecule has 7 nitrogen and oxygen atoms in total. The van der Waals surface area contributed by atoms with E-state index in [1.165, 1.54) is 16.7 Å². The van der Waals surface area contributed by atoms with Crippen molar-refractivity contribution >= 4 is 29.5 Å². The van der Waals surface area contributed by atoms with Crippen LogP contribution in [0.2, 0.25) is 0 Å². The number of esters is 1. The highest BCUT2D eigenvalue weighted by molar-refractivity contribution is 8.00. The van der Waals surface area contributed by atoms with Crippen molar-refractivity contribution in [2.24, 2.45) is 5.73 Å². The van der Waals surface area contributed by atoms with Crippen molar-refractivity contribution in [3.8, 4) is 0 Å². The van der Waals surface area contributed by atoms with Crippen molar-refractivity contribution in [3.05, 3.63) is 119 Å². The molecule has 182 valence electrons. The lowest BCUT2D eigenvalue weighted by molar-refractivity contribution is -0.153. The first-order valence-electron chi connectivity index (χ1n) is 11.6. The summed E-state index contributed by atoms with van der Waals surface area (Å²) in [6, 6.07) is 27.4. The second kappa shape index (κ2) is 10.4. The highest BCUT2D eigenvalue weighted by atomic mass is 32.2. The van der Waals surface area contributed by atoms with Crippen LogP contribution in [-0.4, -0.2) is 39.9 Å². The Labute approximate surface area is 213 Å². The highest BCUT2D eigenvalue weighted by Gasteiger charge is 2.52. The maximum Gasteiger partial charge on any atom is 0.357 e. The van der Waals surface area contributed by atoms with Gasteiger partial charge in [0.05, 0.1) is 12.1 Å². The van der Waals surface area contributed by atoms with E-state index in [2.05, 4.69) is 5.32 Å². The average Bonchev–Trinajstić information content (AvgIpc) is 2.92. The Bertz CT molecular complexity index is 1260. The summed E-state index contributed by atoms with van der Waals surface area (Å²) in [6.07, 6.45) is -0.544. The zero-order chi connectivity index (χ0) is 25.1. The number of ether oxygens (including phenoxy) is 1. The van der Waals surface area contributed by atoms with Crippen LogP contribution in [0.1, 0.15) is 22.8 Å².